The molecule has 1 aromatic heterocycles. The number of hydrogen-bond acceptors (Lipinski definition) is 5. The predicted octanol–water partition coefficient (Wildman–Crippen LogP) is 3.51. The molecule has 0 unspecified atom stereocenters. The summed E-state index contributed by atoms with van der Waals surface area (Å²) < 4.78 is 69.3. The molecular weight excluding hydrogens is 397 g/mol. The van der Waals surface area contributed by atoms with Gasteiger partial charge in [-0.05, 0) is 36.4 Å². The van der Waals surface area contributed by atoms with E-state index in [9.17, 15) is 26.4 Å². The molecule has 28 heavy (non-hydrogen) atoms. The Morgan fingerprint density at radius 3 is 2.18 bits per heavy atom. The van der Waals surface area contributed by atoms with Crippen LogP contribution in [0.2, 0.25) is 0 Å². The smallest absolute Gasteiger partial charge is 0.419 e. The molecule has 10 heteroatoms. The van der Waals surface area contributed by atoms with E-state index < -0.39 is 33.4 Å². The topological polar surface area (TPSA) is 78.3 Å². The SMILES string of the molecule is CS(=O)(=O)c1ccc(-n2ncc(OC(=O)c3ccccc3)c2C(F)(F)F)cc1. The van der Waals surface area contributed by atoms with Crippen LogP contribution in [0.5, 0.6) is 5.75 Å². The van der Waals surface area contributed by atoms with Crippen molar-refractivity contribution in [3.05, 3.63) is 72.1 Å². The van der Waals surface area contributed by atoms with Crippen molar-refractivity contribution in [2.45, 2.75) is 11.1 Å². The van der Waals surface area contributed by atoms with Gasteiger partial charge in [-0.15, -0.1) is 0 Å². The Bertz CT molecular complexity index is 1110. The molecule has 0 saturated heterocycles. The molecule has 3 rings (SSSR count). The van der Waals surface area contributed by atoms with Crippen molar-refractivity contribution in [1.82, 2.24) is 9.78 Å². The highest BCUT2D eigenvalue weighted by Crippen LogP contribution is 2.38. The fourth-order valence-corrected chi connectivity index (χ4v) is 3.06. The maximum absolute atomic E-state index is 13.6. The lowest BCUT2D eigenvalue weighted by Crippen LogP contribution is -2.17. The minimum Gasteiger partial charge on any atom is -0.419 e. The molecule has 3 aromatic rings. The van der Waals surface area contributed by atoms with Crippen LogP contribution in [-0.4, -0.2) is 30.4 Å². The second-order valence-corrected chi connectivity index (χ2v) is 7.80. The van der Waals surface area contributed by atoms with Crippen LogP contribution in [0.1, 0.15) is 16.1 Å². The van der Waals surface area contributed by atoms with E-state index in [2.05, 4.69) is 5.10 Å². The minimum absolute atomic E-state index is 0.0401. The van der Waals surface area contributed by atoms with Gasteiger partial charge in [-0.25, -0.2) is 17.9 Å². The molecule has 6 nitrogen and oxygen atoms in total. The van der Waals surface area contributed by atoms with Crippen molar-refractivity contribution < 1.29 is 31.1 Å². The number of halogens is 3. The van der Waals surface area contributed by atoms with E-state index in [-0.39, 0.29) is 16.1 Å². The maximum atomic E-state index is 13.6. The van der Waals surface area contributed by atoms with E-state index in [1.54, 1.807) is 18.2 Å². The molecule has 0 aliphatic rings. The van der Waals surface area contributed by atoms with Gasteiger partial charge in [0.1, 0.15) is 0 Å². The first kappa shape index (κ1) is 19.6. The maximum Gasteiger partial charge on any atom is 0.437 e. The van der Waals surface area contributed by atoms with Crippen LogP contribution >= 0.6 is 0 Å². The third-order valence-electron chi connectivity index (χ3n) is 3.73. The summed E-state index contributed by atoms with van der Waals surface area (Å²) in [6.07, 6.45) is -3.11. The third-order valence-corrected chi connectivity index (χ3v) is 4.85. The van der Waals surface area contributed by atoms with Crippen LogP contribution in [0.25, 0.3) is 5.69 Å². The first-order chi connectivity index (χ1) is 13.1. The fourth-order valence-electron chi connectivity index (χ4n) is 2.43. The number of benzene rings is 2. The molecule has 0 bridgehead atoms. The molecule has 0 spiro atoms. The summed E-state index contributed by atoms with van der Waals surface area (Å²) in [5, 5.41) is 3.66. The number of alkyl halides is 3. The molecule has 0 saturated carbocycles. The van der Waals surface area contributed by atoms with E-state index in [1.165, 1.54) is 36.4 Å². The van der Waals surface area contributed by atoms with Gasteiger partial charge in [-0.1, -0.05) is 18.2 Å². The number of hydrogen-bond donors (Lipinski definition) is 0. The van der Waals surface area contributed by atoms with E-state index >= 15 is 0 Å². The zero-order valence-electron chi connectivity index (χ0n) is 14.3. The molecule has 0 aliphatic heterocycles. The zero-order chi connectivity index (χ0) is 20.5. The average Bonchev–Trinajstić information content (AvgIpc) is 3.06. The van der Waals surface area contributed by atoms with E-state index in [1.807, 2.05) is 0 Å². The number of rotatable bonds is 4. The summed E-state index contributed by atoms with van der Waals surface area (Å²) in [4.78, 5) is 12.1. The average molecular weight is 410 g/mol. The van der Waals surface area contributed by atoms with E-state index in [0.29, 0.717) is 4.68 Å². The van der Waals surface area contributed by atoms with Crippen molar-refractivity contribution in [3.63, 3.8) is 0 Å². The summed E-state index contributed by atoms with van der Waals surface area (Å²) in [6.45, 7) is 0. The monoisotopic (exact) mass is 410 g/mol. The second-order valence-electron chi connectivity index (χ2n) is 5.79. The Hall–Kier alpha value is -3.14. The Morgan fingerprint density at radius 1 is 1.04 bits per heavy atom. The number of ether oxygens (including phenoxy) is 1. The Labute approximate surface area is 158 Å². The summed E-state index contributed by atoms with van der Waals surface area (Å²) in [6, 6.07) is 12.3. The summed E-state index contributed by atoms with van der Waals surface area (Å²) in [7, 11) is -3.50. The Kier molecular flexibility index (Phi) is 4.99. The molecule has 2 aromatic carbocycles. The highest BCUT2D eigenvalue weighted by atomic mass is 32.2. The van der Waals surface area contributed by atoms with Crippen molar-refractivity contribution in [1.29, 1.82) is 0 Å². The van der Waals surface area contributed by atoms with Gasteiger partial charge in [0, 0.05) is 6.26 Å². The van der Waals surface area contributed by atoms with Crippen molar-refractivity contribution >= 4 is 15.8 Å². The molecular formula is C18H13F3N2O4S. The second kappa shape index (κ2) is 7.12. The number of sulfone groups is 1. The van der Waals surface area contributed by atoms with Gasteiger partial charge in [-0.3, -0.25) is 0 Å². The highest BCUT2D eigenvalue weighted by Gasteiger charge is 2.40. The number of carbonyl (C=O) groups excluding carboxylic acids is 1. The fraction of sp³-hybridized carbons (Fsp3) is 0.111. The molecule has 0 radical (unpaired) electrons. The number of esters is 1. The van der Waals surface area contributed by atoms with Crippen LogP contribution in [0, 0.1) is 0 Å². The third kappa shape index (κ3) is 4.06. The van der Waals surface area contributed by atoms with Crippen molar-refractivity contribution in [3.8, 4) is 11.4 Å². The largest absolute Gasteiger partial charge is 0.437 e. The molecule has 0 amide bonds. The zero-order valence-corrected chi connectivity index (χ0v) is 15.2. The van der Waals surface area contributed by atoms with Gasteiger partial charge in [0.05, 0.1) is 22.3 Å². The molecule has 0 atom stereocenters. The van der Waals surface area contributed by atoms with Crippen LogP contribution in [0.4, 0.5) is 13.2 Å². The Morgan fingerprint density at radius 2 is 1.64 bits per heavy atom. The lowest BCUT2D eigenvalue weighted by molar-refractivity contribution is -0.143. The van der Waals surface area contributed by atoms with E-state index in [4.69, 9.17) is 4.74 Å². The van der Waals surface area contributed by atoms with Crippen LogP contribution in [-0.2, 0) is 16.0 Å². The summed E-state index contributed by atoms with van der Waals surface area (Å²) in [5.41, 5.74) is -1.24. The number of nitrogens with zero attached hydrogens (tertiary/aromatic N) is 2. The number of carbonyl (C=O) groups is 1. The lowest BCUT2D eigenvalue weighted by atomic mass is 10.2. The molecule has 0 aliphatic carbocycles. The molecule has 146 valence electrons. The van der Waals surface area contributed by atoms with Gasteiger partial charge < -0.3 is 4.74 Å². The molecule has 0 N–H and O–H groups in total. The normalized spacial score (nSPS) is 12.0. The van der Waals surface area contributed by atoms with Gasteiger partial charge in [0.25, 0.3) is 0 Å². The predicted molar refractivity (Wildman–Crippen MR) is 93.1 cm³/mol. The van der Waals surface area contributed by atoms with Crippen molar-refractivity contribution in [2.24, 2.45) is 0 Å². The molecule has 0 fully saturated rings. The number of aromatic nitrogens is 2. The highest BCUT2D eigenvalue weighted by molar-refractivity contribution is 7.90. The first-order valence-corrected chi connectivity index (χ1v) is 9.69. The van der Waals surface area contributed by atoms with Crippen LogP contribution < -0.4 is 4.74 Å². The first-order valence-electron chi connectivity index (χ1n) is 7.80. The summed E-state index contributed by atoms with van der Waals surface area (Å²) >= 11 is 0. The van der Waals surface area contributed by atoms with Gasteiger partial charge in [0.15, 0.2) is 21.3 Å². The lowest BCUT2D eigenvalue weighted by Gasteiger charge is -2.13. The van der Waals surface area contributed by atoms with Gasteiger partial charge >= 0.3 is 12.1 Å². The Balaban J connectivity index is 2.01. The summed E-state index contributed by atoms with van der Waals surface area (Å²) in [5.74, 6) is -1.72. The molecule has 1 heterocycles. The van der Waals surface area contributed by atoms with Crippen LogP contribution in [0.3, 0.4) is 0 Å². The van der Waals surface area contributed by atoms with Crippen LogP contribution in [0.15, 0.2) is 65.7 Å². The van der Waals surface area contributed by atoms with Gasteiger partial charge in [-0.2, -0.15) is 18.3 Å². The van der Waals surface area contributed by atoms with Gasteiger partial charge in [0.2, 0.25) is 0 Å². The quantitative estimate of drug-likeness (QED) is 0.615. The standard InChI is InChI=1S/C18H13F3N2O4S/c1-28(25,26)14-9-7-13(8-10-14)23-16(18(19,20)21)15(11-22-23)27-17(24)12-5-3-2-4-6-12/h2-11H,1H3. The van der Waals surface area contributed by atoms with Crippen molar-refractivity contribution in [2.75, 3.05) is 6.26 Å². The van der Waals surface area contributed by atoms with E-state index in [0.717, 1.165) is 12.5 Å². The minimum atomic E-state index is -4.88.